The lowest BCUT2D eigenvalue weighted by Gasteiger charge is -2.15. The molecule has 0 saturated carbocycles. The minimum absolute atomic E-state index is 0.773. The molecular weight excluding hydrogens is 609 g/mol. The molecule has 0 amide bonds. The van der Waals surface area contributed by atoms with Crippen molar-refractivity contribution in [2.75, 3.05) is 0 Å². The van der Waals surface area contributed by atoms with Gasteiger partial charge in [-0.05, 0) is 92.6 Å². The molecular formula is C48H36O2. The van der Waals surface area contributed by atoms with E-state index >= 15 is 0 Å². The Morgan fingerprint density at radius 2 is 1.18 bits per heavy atom. The lowest BCUT2D eigenvalue weighted by molar-refractivity contribution is 0.630. The molecule has 1 aliphatic rings. The van der Waals surface area contributed by atoms with Gasteiger partial charge in [0.1, 0.15) is 22.5 Å². The molecule has 240 valence electrons. The first kappa shape index (κ1) is 30.9. The molecule has 1 aliphatic carbocycles. The van der Waals surface area contributed by atoms with Crippen molar-refractivity contribution in [3.05, 3.63) is 205 Å². The molecule has 2 heteroatoms. The number of fused-ring (bicyclic) bond motifs is 5. The van der Waals surface area contributed by atoms with E-state index in [4.69, 9.17) is 15.4 Å². The molecule has 7 aromatic rings. The third kappa shape index (κ3) is 5.82. The van der Waals surface area contributed by atoms with Gasteiger partial charge in [0.05, 0.1) is 0 Å². The molecule has 0 spiro atoms. The van der Waals surface area contributed by atoms with Crippen LogP contribution >= 0.6 is 0 Å². The van der Waals surface area contributed by atoms with E-state index in [9.17, 15) is 0 Å². The third-order valence-electron chi connectivity index (χ3n) is 9.41. The van der Waals surface area contributed by atoms with Gasteiger partial charge < -0.3 is 8.83 Å². The number of hydrogen-bond acceptors (Lipinski definition) is 2. The van der Waals surface area contributed by atoms with Gasteiger partial charge >= 0.3 is 0 Å². The minimum atomic E-state index is 0.773. The predicted molar refractivity (Wildman–Crippen MR) is 212 cm³/mol. The zero-order chi connectivity index (χ0) is 34.0. The molecule has 50 heavy (non-hydrogen) atoms. The first-order valence-electron chi connectivity index (χ1n) is 17.0. The zero-order valence-corrected chi connectivity index (χ0v) is 27.9. The average molecular weight is 645 g/mol. The van der Waals surface area contributed by atoms with E-state index in [-0.39, 0.29) is 0 Å². The second kappa shape index (κ2) is 13.3. The van der Waals surface area contributed by atoms with Gasteiger partial charge in [-0.15, -0.1) is 0 Å². The highest BCUT2D eigenvalue weighted by molar-refractivity contribution is 6.12. The van der Waals surface area contributed by atoms with E-state index in [0.717, 1.165) is 107 Å². The number of benzene rings is 5. The van der Waals surface area contributed by atoms with Gasteiger partial charge in [-0.3, -0.25) is 0 Å². The van der Waals surface area contributed by atoms with Crippen LogP contribution in [0.3, 0.4) is 0 Å². The van der Waals surface area contributed by atoms with Gasteiger partial charge in [0.2, 0.25) is 0 Å². The summed E-state index contributed by atoms with van der Waals surface area (Å²) in [5.41, 5.74) is 10.4. The Hall–Kier alpha value is -6.38. The fourth-order valence-corrected chi connectivity index (χ4v) is 6.79. The molecule has 5 aromatic carbocycles. The first-order chi connectivity index (χ1) is 24.5. The Morgan fingerprint density at radius 1 is 0.540 bits per heavy atom. The van der Waals surface area contributed by atoms with Crippen molar-refractivity contribution < 1.29 is 8.83 Å². The molecule has 0 unspecified atom stereocenters. The SMILES string of the molecule is C=C(/C=C\C(=C)c1ccccc1)C1=c2cccc/c2=C(C(=C)c2cc3c(cc2-c2cc4ccccc4o2)oc2ccccc23)/C=C/CCC=C1. The van der Waals surface area contributed by atoms with Crippen molar-refractivity contribution in [3.63, 3.8) is 0 Å². The van der Waals surface area contributed by atoms with Gasteiger partial charge in [0.15, 0.2) is 0 Å². The molecule has 0 radical (unpaired) electrons. The summed E-state index contributed by atoms with van der Waals surface area (Å²) in [6, 6.07) is 41.5. The largest absolute Gasteiger partial charge is 0.456 e. The molecule has 2 heterocycles. The van der Waals surface area contributed by atoms with E-state index in [0.29, 0.717) is 0 Å². The number of allylic oxidation sites excluding steroid dienone is 9. The number of para-hydroxylation sites is 2. The summed E-state index contributed by atoms with van der Waals surface area (Å²) in [6.07, 6.45) is 14.8. The first-order valence-corrected chi connectivity index (χ1v) is 17.0. The Labute approximate surface area is 292 Å². The Balaban J connectivity index is 1.35. The van der Waals surface area contributed by atoms with Gasteiger partial charge in [-0.25, -0.2) is 0 Å². The fraction of sp³-hybridized carbons (Fsp3) is 0.0417. The Bertz CT molecular complexity index is 2650. The smallest absolute Gasteiger partial charge is 0.136 e. The molecule has 0 fully saturated rings. The van der Waals surface area contributed by atoms with Crippen LogP contribution in [0.25, 0.3) is 66.5 Å². The maximum Gasteiger partial charge on any atom is 0.136 e. The van der Waals surface area contributed by atoms with Gasteiger partial charge in [-0.1, -0.05) is 147 Å². The summed E-state index contributed by atoms with van der Waals surface area (Å²) in [5, 5.41) is 5.33. The van der Waals surface area contributed by atoms with Gasteiger partial charge in [0.25, 0.3) is 0 Å². The minimum Gasteiger partial charge on any atom is -0.456 e. The van der Waals surface area contributed by atoms with Gasteiger partial charge in [0, 0.05) is 21.7 Å². The highest BCUT2D eigenvalue weighted by Gasteiger charge is 2.19. The van der Waals surface area contributed by atoms with E-state index in [1.807, 2.05) is 54.6 Å². The summed E-state index contributed by atoms with van der Waals surface area (Å²) < 4.78 is 12.9. The van der Waals surface area contributed by atoms with Crippen molar-refractivity contribution in [3.8, 4) is 11.3 Å². The van der Waals surface area contributed by atoms with Crippen molar-refractivity contribution in [2.45, 2.75) is 12.8 Å². The maximum atomic E-state index is 6.48. The zero-order valence-electron chi connectivity index (χ0n) is 27.9. The van der Waals surface area contributed by atoms with Crippen molar-refractivity contribution in [1.29, 1.82) is 0 Å². The average Bonchev–Trinajstić information content (AvgIpc) is 3.76. The molecule has 8 rings (SSSR count). The molecule has 0 aliphatic heterocycles. The molecule has 0 N–H and O–H groups in total. The summed E-state index contributed by atoms with van der Waals surface area (Å²) >= 11 is 0. The van der Waals surface area contributed by atoms with Crippen molar-refractivity contribution in [1.82, 2.24) is 0 Å². The number of hydrogen-bond donors (Lipinski definition) is 0. The lowest BCUT2D eigenvalue weighted by Crippen LogP contribution is -2.29. The van der Waals surface area contributed by atoms with Crippen LogP contribution in [0.15, 0.2) is 192 Å². The van der Waals surface area contributed by atoms with Crippen LogP contribution in [-0.2, 0) is 0 Å². The Morgan fingerprint density at radius 3 is 1.96 bits per heavy atom. The predicted octanol–water partition coefficient (Wildman–Crippen LogP) is 11.7. The molecule has 0 saturated heterocycles. The van der Waals surface area contributed by atoms with Crippen molar-refractivity contribution in [2.24, 2.45) is 0 Å². The second-order valence-corrected chi connectivity index (χ2v) is 12.6. The van der Waals surface area contributed by atoms with Crippen LogP contribution in [0.4, 0.5) is 0 Å². The molecule has 0 atom stereocenters. The van der Waals surface area contributed by atoms with Crippen LogP contribution in [0.2, 0.25) is 0 Å². The highest BCUT2D eigenvalue weighted by Crippen LogP contribution is 2.41. The monoisotopic (exact) mass is 644 g/mol. The molecule has 2 aromatic heterocycles. The maximum absolute atomic E-state index is 6.48. The quantitative estimate of drug-likeness (QED) is 0.161. The van der Waals surface area contributed by atoms with E-state index in [1.165, 1.54) is 0 Å². The normalized spacial score (nSPS) is 15.1. The van der Waals surface area contributed by atoms with Crippen LogP contribution < -0.4 is 10.4 Å². The highest BCUT2D eigenvalue weighted by atomic mass is 16.3. The molecule has 0 bridgehead atoms. The summed E-state index contributed by atoms with van der Waals surface area (Å²) in [4.78, 5) is 0. The summed E-state index contributed by atoms with van der Waals surface area (Å²) in [5.74, 6) is 0.773. The summed E-state index contributed by atoms with van der Waals surface area (Å²) in [7, 11) is 0. The standard InChI is InChI=1S/C48H36O2/c1-32(35-17-7-6-8-18-35)27-28-33(2)37-20-9-4-5-10-21-38(40-23-13-12-22-39(37)40)34(3)42-30-43-41-24-14-16-26-46(41)50-48(43)31-44(42)47-29-36-19-11-15-25-45(36)49-47/h6-31H,1-5H2/b20-9?,21-10+,28-27-,39-37?,40-38+. The Kier molecular flexibility index (Phi) is 8.20. The van der Waals surface area contributed by atoms with E-state index < -0.39 is 0 Å². The van der Waals surface area contributed by atoms with Crippen molar-refractivity contribution >= 4 is 55.2 Å². The fourth-order valence-electron chi connectivity index (χ4n) is 6.79. The van der Waals surface area contributed by atoms with E-state index in [1.54, 1.807) is 0 Å². The third-order valence-corrected chi connectivity index (χ3v) is 9.41. The van der Waals surface area contributed by atoms with E-state index in [2.05, 4.69) is 116 Å². The second-order valence-electron chi connectivity index (χ2n) is 12.6. The number of furan rings is 2. The van der Waals surface area contributed by atoms with Gasteiger partial charge in [-0.2, -0.15) is 0 Å². The number of rotatable bonds is 7. The van der Waals surface area contributed by atoms with Crippen LogP contribution in [-0.4, -0.2) is 0 Å². The van der Waals surface area contributed by atoms with Crippen LogP contribution in [0.5, 0.6) is 0 Å². The van der Waals surface area contributed by atoms with Crippen LogP contribution in [0, 0.1) is 0 Å². The van der Waals surface area contributed by atoms with Crippen LogP contribution in [0.1, 0.15) is 24.0 Å². The topological polar surface area (TPSA) is 26.3 Å². The molecule has 2 nitrogen and oxygen atoms in total. The summed E-state index contributed by atoms with van der Waals surface area (Å²) in [6.45, 7) is 13.7. The lowest BCUT2D eigenvalue weighted by atomic mass is 9.89.